The first-order chi connectivity index (χ1) is 20.0. The molecule has 10 heteroatoms. The number of rotatable bonds is 9. The smallest absolute Gasteiger partial charge is 0.337 e. The summed E-state index contributed by atoms with van der Waals surface area (Å²) in [6, 6.07) is 24.7. The molecule has 1 aromatic heterocycles. The van der Waals surface area contributed by atoms with Gasteiger partial charge in [0.25, 0.3) is 6.01 Å². The van der Waals surface area contributed by atoms with Crippen molar-refractivity contribution in [3.05, 3.63) is 107 Å². The molecule has 41 heavy (non-hydrogen) atoms. The Labute approximate surface area is 234 Å². The molecule has 1 aliphatic heterocycles. The number of hydrogen-bond donors (Lipinski definition) is 1. The van der Waals surface area contributed by atoms with Gasteiger partial charge in [0, 0.05) is 5.56 Å². The van der Waals surface area contributed by atoms with Gasteiger partial charge >= 0.3 is 5.97 Å². The van der Waals surface area contributed by atoms with E-state index in [9.17, 15) is 14.3 Å². The number of fused-ring (bicyclic) bond motifs is 1. The second-order valence-corrected chi connectivity index (χ2v) is 9.22. The summed E-state index contributed by atoms with van der Waals surface area (Å²) in [7, 11) is 0. The highest BCUT2D eigenvalue weighted by molar-refractivity contribution is 6.05. The van der Waals surface area contributed by atoms with Crippen LogP contribution >= 0.6 is 0 Å². The summed E-state index contributed by atoms with van der Waals surface area (Å²) in [5.74, 6) is 0.246. The van der Waals surface area contributed by atoms with E-state index < -0.39 is 5.97 Å². The number of nitrogens with zero attached hydrogens (tertiary/aromatic N) is 5. The maximum atomic E-state index is 13.4. The van der Waals surface area contributed by atoms with Crippen LogP contribution in [0.4, 0.5) is 4.39 Å². The van der Waals surface area contributed by atoms with Crippen molar-refractivity contribution in [2.75, 3.05) is 13.3 Å². The zero-order chi connectivity index (χ0) is 28.3. The van der Waals surface area contributed by atoms with E-state index in [0.717, 1.165) is 22.3 Å². The molecule has 0 unspecified atom stereocenters. The Morgan fingerprint density at radius 1 is 0.976 bits per heavy atom. The minimum Gasteiger partial charge on any atom is -0.478 e. The maximum absolute atomic E-state index is 13.4. The zero-order valence-corrected chi connectivity index (χ0v) is 22.0. The minimum atomic E-state index is -1.03. The lowest BCUT2D eigenvalue weighted by molar-refractivity contribution is 0.0698. The van der Waals surface area contributed by atoms with E-state index in [1.54, 1.807) is 34.9 Å². The molecule has 9 nitrogen and oxygen atoms in total. The summed E-state index contributed by atoms with van der Waals surface area (Å²) in [6.07, 6.45) is 0. The van der Waals surface area contributed by atoms with Crippen LogP contribution < -0.4 is 9.47 Å². The average molecular weight is 550 g/mol. The van der Waals surface area contributed by atoms with E-state index >= 15 is 0 Å². The molecule has 0 saturated carbocycles. The molecule has 0 fully saturated rings. The van der Waals surface area contributed by atoms with Gasteiger partial charge in [0.05, 0.1) is 29.7 Å². The number of carboxylic acids is 1. The Bertz CT molecular complexity index is 1810. The van der Waals surface area contributed by atoms with Gasteiger partial charge in [-0.05, 0) is 78.2 Å². The zero-order valence-electron chi connectivity index (χ0n) is 22.0. The van der Waals surface area contributed by atoms with Crippen molar-refractivity contribution in [3.8, 4) is 28.6 Å². The summed E-state index contributed by atoms with van der Waals surface area (Å²) >= 11 is 0. The molecule has 0 amide bonds. The van der Waals surface area contributed by atoms with E-state index in [2.05, 4.69) is 20.2 Å². The van der Waals surface area contributed by atoms with Crippen LogP contribution in [-0.4, -0.2) is 39.7 Å². The highest BCUT2D eigenvalue weighted by atomic mass is 19.1. The van der Waals surface area contributed by atoms with E-state index in [4.69, 9.17) is 9.47 Å². The van der Waals surface area contributed by atoms with Gasteiger partial charge in [0.15, 0.2) is 12.5 Å². The minimum absolute atomic E-state index is 0.159. The Hall–Kier alpha value is -5.38. The van der Waals surface area contributed by atoms with E-state index in [-0.39, 0.29) is 18.0 Å². The van der Waals surface area contributed by atoms with E-state index in [1.807, 2.05) is 49.4 Å². The highest BCUT2D eigenvalue weighted by Gasteiger charge is 2.19. The van der Waals surface area contributed by atoms with Gasteiger partial charge in [-0.1, -0.05) is 30.3 Å². The number of para-hydroxylation sites is 1. The van der Waals surface area contributed by atoms with Gasteiger partial charge in [-0.3, -0.25) is 4.57 Å². The summed E-state index contributed by atoms with van der Waals surface area (Å²) in [5.41, 5.74) is 4.68. The van der Waals surface area contributed by atoms with Gasteiger partial charge < -0.3 is 14.6 Å². The number of carboxylic acid groups (broad SMARTS) is 1. The first-order valence-corrected chi connectivity index (χ1v) is 12.9. The maximum Gasteiger partial charge on any atom is 0.337 e. The van der Waals surface area contributed by atoms with Crippen LogP contribution in [-0.2, 0) is 6.54 Å². The largest absolute Gasteiger partial charge is 0.478 e. The lowest BCUT2D eigenvalue weighted by Gasteiger charge is -2.14. The molecule has 0 atom stereocenters. The predicted octanol–water partition coefficient (Wildman–Crippen LogP) is 6.95. The molecule has 6 rings (SSSR count). The molecule has 204 valence electrons. The van der Waals surface area contributed by atoms with Crippen molar-refractivity contribution in [2.24, 2.45) is 15.2 Å². The summed E-state index contributed by atoms with van der Waals surface area (Å²) in [6.45, 7) is 2.89. The van der Waals surface area contributed by atoms with Crippen molar-refractivity contribution in [1.82, 2.24) is 9.55 Å². The van der Waals surface area contributed by atoms with Crippen LogP contribution in [0.15, 0.2) is 100 Å². The summed E-state index contributed by atoms with van der Waals surface area (Å²) in [4.78, 5) is 20.9. The topological polar surface area (TPSA) is 111 Å². The highest BCUT2D eigenvalue weighted by Crippen LogP contribution is 2.33. The third-order valence-electron chi connectivity index (χ3n) is 6.57. The number of aromatic nitrogens is 2. The third kappa shape index (κ3) is 5.27. The van der Waals surface area contributed by atoms with Crippen LogP contribution in [0.2, 0.25) is 0 Å². The molecule has 1 aliphatic rings. The Morgan fingerprint density at radius 3 is 2.46 bits per heavy atom. The number of carbonyl (C=O) groups is 1. The molecule has 5 aromatic rings. The second-order valence-electron chi connectivity index (χ2n) is 9.22. The summed E-state index contributed by atoms with van der Waals surface area (Å²) in [5, 5.41) is 18.0. The van der Waals surface area contributed by atoms with E-state index in [0.29, 0.717) is 47.5 Å². The number of halogens is 1. The van der Waals surface area contributed by atoms with Crippen molar-refractivity contribution in [3.63, 3.8) is 0 Å². The number of amidine groups is 1. The number of imidazole rings is 1. The van der Waals surface area contributed by atoms with Crippen molar-refractivity contribution in [1.29, 1.82) is 0 Å². The fraction of sp³-hybridized carbons (Fsp3) is 0.129. The lowest BCUT2D eigenvalue weighted by atomic mass is 9.97. The van der Waals surface area contributed by atoms with Crippen LogP contribution in [0.1, 0.15) is 28.4 Å². The second kappa shape index (κ2) is 11.0. The molecule has 0 saturated heterocycles. The molecular formula is C31H24FN5O4. The number of hydrogen-bond acceptors (Lipinski definition) is 7. The van der Waals surface area contributed by atoms with Crippen LogP contribution in [0.3, 0.4) is 0 Å². The monoisotopic (exact) mass is 549 g/mol. The van der Waals surface area contributed by atoms with Gasteiger partial charge in [0.2, 0.25) is 0 Å². The van der Waals surface area contributed by atoms with Crippen LogP contribution in [0.25, 0.3) is 22.2 Å². The Kier molecular flexibility index (Phi) is 6.95. The van der Waals surface area contributed by atoms with Gasteiger partial charge in [-0.2, -0.15) is 10.1 Å². The lowest BCUT2D eigenvalue weighted by Crippen LogP contribution is -2.08. The molecule has 0 aliphatic carbocycles. The normalized spacial score (nSPS) is 12.5. The van der Waals surface area contributed by atoms with Crippen molar-refractivity contribution in [2.45, 2.75) is 13.5 Å². The Morgan fingerprint density at radius 2 is 1.76 bits per heavy atom. The molecule has 0 radical (unpaired) electrons. The molecule has 0 spiro atoms. The van der Waals surface area contributed by atoms with Gasteiger partial charge in [-0.15, -0.1) is 5.11 Å². The number of aliphatic imine (C=N–C) groups is 1. The predicted molar refractivity (Wildman–Crippen MR) is 152 cm³/mol. The van der Waals surface area contributed by atoms with Gasteiger partial charge in [-0.25, -0.2) is 14.2 Å². The van der Waals surface area contributed by atoms with Crippen LogP contribution in [0, 0.1) is 5.82 Å². The molecule has 0 bridgehead atoms. The molecule has 1 N–H and O–H groups in total. The SMILES string of the molecule is CCOc1nc2cccc(C(=O)O)c2n1Cc1ccc(-c2cc(Oc3ccc(F)cc3)ccc2C2=NCN=N2)cc1. The first-order valence-electron chi connectivity index (χ1n) is 12.9. The Balaban J connectivity index is 1.36. The molecule has 4 aromatic carbocycles. The summed E-state index contributed by atoms with van der Waals surface area (Å²) < 4.78 is 26.9. The van der Waals surface area contributed by atoms with Crippen molar-refractivity contribution >= 4 is 22.8 Å². The fourth-order valence-electron chi connectivity index (χ4n) is 4.72. The van der Waals surface area contributed by atoms with E-state index in [1.165, 1.54) is 12.1 Å². The number of azo groups is 1. The first kappa shape index (κ1) is 25.9. The standard InChI is InChI=1S/C31H24FN5O4/c1-2-40-31-35-27-5-3-4-25(30(38)39)28(27)37(31)17-19-6-8-20(9-7-19)26-16-23(41-22-12-10-21(32)11-13-22)14-15-24(26)29-33-18-34-36-29/h3-16H,2,17-18H2,1H3,(H,38,39). The average Bonchev–Trinajstić information content (AvgIpc) is 3.64. The van der Waals surface area contributed by atoms with Gasteiger partial charge in [0.1, 0.15) is 17.3 Å². The quantitative estimate of drug-likeness (QED) is 0.214. The van der Waals surface area contributed by atoms with Crippen LogP contribution in [0.5, 0.6) is 17.5 Å². The molecular weight excluding hydrogens is 525 g/mol. The molecule has 2 heterocycles. The third-order valence-corrected chi connectivity index (χ3v) is 6.57. The number of benzene rings is 4. The number of ether oxygens (including phenoxy) is 2. The van der Waals surface area contributed by atoms with Crippen molar-refractivity contribution < 1.29 is 23.8 Å². The fourth-order valence-corrected chi connectivity index (χ4v) is 4.72. The number of aromatic carboxylic acids is 1.